The van der Waals surface area contributed by atoms with Crippen molar-refractivity contribution in [3.8, 4) is 5.88 Å². The van der Waals surface area contributed by atoms with Gasteiger partial charge in [0, 0.05) is 31.7 Å². The average molecular weight is 432 g/mol. The number of amides is 1. The Bertz CT molecular complexity index is 740. The van der Waals surface area contributed by atoms with Crippen molar-refractivity contribution in [1.29, 1.82) is 0 Å². The molecule has 0 aliphatic carbocycles. The number of alkyl halides is 3. The Labute approximate surface area is 173 Å². The van der Waals surface area contributed by atoms with Crippen molar-refractivity contribution in [2.45, 2.75) is 64.0 Å². The Morgan fingerprint density at radius 1 is 1.23 bits per heavy atom. The van der Waals surface area contributed by atoms with Crippen LogP contribution in [0.25, 0.3) is 0 Å². The van der Waals surface area contributed by atoms with Gasteiger partial charge < -0.3 is 24.4 Å². The van der Waals surface area contributed by atoms with Crippen molar-refractivity contribution in [2.24, 2.45) is 0 Å². The predicted molar refractivity (Wildman–Crippen MR) is 101 cm³/mol. The standard InChI is InChI=1S/C19H27F3N4O4/c1-18(2,3)30-17(27)26-7-4-12(5-8-26)24-16-23-10-14(19(20,21)22)15(25-16)29-13-6-9-28-11-13/h10,12-13H,4-9,11H2,1-3H3,(H,23,24,25)/t13-/m0/s1. The number of likely N-dealkylation sites (tertiary alicyclic amines) is 1. The van der Waals surface area contributed by atoms with Gasteiger partial charge in [-0.05, 0) is 33.6 Å². The minimum Gasteiger partial charge on any atom is -0.471 e. The molecule has 0 unspecified atom stereocenters. The van der Waals surface area contributed by atoms with E-state index in [0.717, 1.165) is 6.20 Å². The fraction of sp³-hybridized carbons (Fsp3) is 0.737. The van der Waals surface area contributed by atoms with Crippen molar-refractivity contribution in [1.82, 2.24) is 14.9 Å². The van der Waals surface area contributed by atoms with Crippen LogP contribution in [0.3, 0.4) is 0 Å². The van der Waals surface area contributed by atoms with Crippen molar-refractivity contribution in [2.75, 3.05) is 31.6 Å². The van der Waals surface area contributed by atoms with Crippen LogP contribution in [-0.2, 0) is 15.7 Å². The first kappa shape index (κ1) is 22.4. The zero-order valence-corrected chi connectivity index (χ0v) is 17.3. The van der Waals surface area contributed by atoms with Gasteiger partial charge in [-0.2, -0.15) is 18.2 Å². The summed E-state index contributed by atoms with van der Waals surface area (Å²) in [4.78, 5) is 21.6. The number of hydrogen-bond donors (Lipinski definition) is 1. The number of nitrogens with one attached hydrogen (secondary N) is 1. The van der Waals surface area contributed by atoms with E-state index in [-0.39, 0.29) is 24.7 Å². The smallest absolute Gasteiger partial charge is 0.423 e. The van der Waals surface area contributed by atoms with Crippen LogP contribution in [0.1, 0.15) is 45.6 Å². The molecule has 0 saturated carbocycles. The molecule has 3 rings (SSSR count). The lowest BCUT2D eigenvalue weighted by Crippen LogP contribution is -2.44. The molecule has 1 aromatic rings. The van der Waals surface area contributed by atoms with Gasteiger partial charge in [0.25, 0.3) is 0 Å². The minimum absolute atomic E-state index is 0.0626. The number of nitrogens with zero attached hydrogens (tertiary/aromatic N) is 3. The van der Waals surface area contributed by atoms with Gasteiger partial charge in [-0.15, -0.1) is 0 Å². The molecule has 168 valence electrons. The third kappa shape index (κ3) is 6.10. The number of carbonyl (C=O) groups excluding carboxylic acids is 1. The molecule has 0 radical (unpaired) electrons. The summed E-state index contributed by atoms with van der Waals surface area (Å²) in [6.07, 6.45) is -3.03. The lowest BCUT2D eigenvalue weighted by atomic mass is 10.1. The molecular weight excluding hydrogens is 405 g/mol. The number of aromatic nitrogens is 2. The van der Waals surface area contributed by atoms with E-state index in [4.69, 9.17) is 14.2 Å². The largest absolute Gasteiger partial charge is 0.471 e. The van der Waals surface area contributed by atoms with Gasteiger partial charge >= 0.3 is 12.3 Å². The van der Waals surface area contributed by atoms with Gasteiger partial charge in [0.05, 0.1) is 13.2 Å². The van der Waals surface area contributed by atoms with Crippen LogP contribution in [0.2, 0.25) is 0 Å². The number of ether oxygens (including phenoxy) is 3. The predicted octanol–water partition coefficient (Wildman–Crippen LogP) is 3.47. The second kappa shape index (κ2) is 8.83. The Morgan fingerprint density at radius 2 is 1.93 bits per heavy atom. The zero-order chi connectivity index (χ0) is 21.9. The van der Waals surface area contributed by atoms with Crippen LogP contribution in [0.5, 0.6) is 5.88 Å². The number of carbonyl (C=O) groups is 1. The molecule has 2 aliphatic rings. The van der Waals surface area contributed by atoms with E-state index in [2.05, 4.69) is 15.3 Å². The SMILES string of the molecule is CC(C)(C)OC(=O)N1CCC(Nc2ncc(C(F)(F)F)c(O[C@H]3CCOC3)n2)CC1. The molecule has 0 bridgehead atoms. The molecule has 1 amide bonds. The third-order valence-corrected chi connectivity index (χ3v) is 4.71. The highest BCUT2D eigenvalue weighted by Crippen LogP contribution is 2.36. The maximum atomic E-state index is 13.3. The van der Waals surface area contributed by atoms with E-state index in [1.807, 2.05) is 0 Å². The summed E-state index contributed by atoms with van der Waals surface area (Å²) in [6.45, 7) is 7.02. The molecule has 11 heteroatoms. The quantitative estimate of drug-likeness (QED) is 0.780. The minimum atomic E-state index is -4.62. The Morgan fingerprint density at radius 3 is 2.50 bits per heavy atom. The number of halogens is 3. The van der Waals surface area contributed by atoms with Crippen LogP contribution >= 0.6 is 0 Å². The topological polar surface area (TPSA) is 85.8 Å². The molecule has 1 atom stereocenters. The molecule has 8 nitrogen and oxygen atoms in total. The second-order valence-corrected chi connectivity index (χ2v) is 8.40. The zero-order valence-electron chi connectivity index (χ0n) is 17.3. The lowest BCUT2D eigenvalue weighted by Gasteiger charge is -2.33. The third-order valence-electron chi connectivity index (χ3n) is 4.71. The summed E-state index contributed by atoms with van der Waals surface area (Å²) in [5.41, 5.74) is -1.58. The number of piperidine rings is 1. The van der Waals surface area contributed by atoms with Crippen LogP contribution < -0.4 is 10.1 Å². The highest BCUT2D eigenvalue weighted by atomic mass is 19.4. The van der Waals surface area contributed by atoms with E-state index >= 15 is 0 Å². The van der Waals surface area contributed by atoms with E-state index in [9.17, 15) is 18.0 Å². The van der Waals surface area contributed by atoms with Gasteiger partial charge in [-0.3, -0.25) is 0 Å². The highest BCUT2D eigenvalue weighted by Gasteiger charge is 2.37. The normalized spacial score (nSPS) is 20.9. The molecule has 2 saturated heterocycles. The molecule has 1 N–H and O–H groups in total. The summed E-state index contributed by atoms with van der Waals surface area (Å²) >= 11 is 0. The lowest BCUT2D eigenvalue weighted by molar-refractivity contribution is -0.139. The summed E-state index contributed by atoms with van der Waals surface area (Å²) in [6, 6.07) is -0.0805. The maximum Gasteiger partial charge on any atom is 0.423 e. The van der Waals surface area contributed by atoms with E-state index in [1.165, 1.54) is 0 Å². The van der Waals surface area contributed by atoms with Gasteiger partial charge in [-0.1, -0.05) is 0 Å². The molecule has 3 heterocycles. The maximum absolute atomic E-state index is 13.3. The fourth-order valence-electron chi connectivity index (χ4n) is 3.20. The van der Waals surface area contributed by atoms with Crippen LogP contribution in [0.15, 0.2) is 6.20 Å². The number of hydrogen-bond acceptors (Lipinski definition) is 7. The van der Waals surface area contributed by atoms with Crippen LogP contribution in [0, 0.1) is 0 Å². The van der Waals surface area contributed by atoms with Crippen LogP contribution in [0.4, 0.5) is 23.9 Å². The molecular formula is C19H27F3N4O4. The van der Waals surface area contributed by atoms with Gasteiger partial charge in [0.15, 0.2) is 0 Å². The number of anilines is 1. The molecule has 1 aromatic heterocycles. The first-order chi connectivity index (χ1) is 14.0. The number of rotatable bonds is 4. The summed E-state index contributed by atoms with van der Waals surface area (Å²) in [5.74, 6) is -0.436. The Balaban J connectivity index is 1.62. The molecule has 0 spiro atoms. The van der Waals surface area contributed by atoms with Gasteiger partial charge in [0.1, 0.15) is 17.3 Å². The summed E-state index contributed by atoms with van der Waals surface area (Å²) in [5, 5.41) is 3.05. The average Bonchev–Trinajstić information content (AvgIpc) is 3.13. The highest BCUT2D eigenvalue weighted by molar-refractivity contribution is 5.68. The van der Waals surface area contributed by atoms with Crippen LogP contribution in [-0.4, -0.2) is 65.0 Å². The Kier molecular flexibility index (Phi) is 6.59. The summed E-state index contributed by atoms with van der Waals surface area (Å²) in [7, 11) is 0. The monoisotopic (exact) mass is 432 g/mol. The first-order valence-electron chi connectivity index (χ1n) is 9.94. The van der Waals surface area contributed by atoms with E-state index in [0.29, 0.717) is 39.0 Å². The molecule has 2 aliphatic heterocycles. The second-order valence-electron chi connectivity index (χ2n) is 8.40. The van der Waals surface area contributed by atoms with Crippen molar-refractivity contribution < 1.29 is 32.2 Å². The molecule has 2 fully saturated rings. The fourth-order valence-corrected chi connectivity index (χ4v) is 3.20. The van der Waals surface area contributed by atoms with E-state index < -0.39 is 29.3 Å². The van der Waals surface area contributed by atoms with E-state index in [1.54, 1.807) is 25.7 Å². The summed E-state index contributed by atoms with van der Waals surface area (Å²) < 4.78 is 55.8. The Hall–Kier alpha value is -2.30. The van der Waals surface area contributed by atoms with Gasteiger partial charge in [0.2, 0.25) is 11.8 Å². The molecule has 30 heavy (non-hydrogen) atoms. The van der Waals surface area contributed by atoms with Crippen molar-refractivity contribution in [3.63, 3.8) is 0 Å². The molecule has 0 aromatic carbocycles. The van der Waals surface area contributed by atoms with Gasteiger partial charge in [-0.25, -0.2) is 9.78 Å². The first-order valence-corrected chi connectivity index (χ1v) is 9.94. The van der Waals surface area contributed by atoms with Crippen molar-refractivity contribution >= 4 is 12.0 Å². The van der Waals surface area contributed by atoms with Crippen molar-refractivity contribution in [3.05, 3.63) is 11.8 Å².